The summed E-state index contributed by atoms with van der Waals surface area (Å²) in [5.41, 5.74) is 0.999. The average Bonchev–Trinajstić information content (AvgIpc) is 2.61. The van der Waals surface area contributed by atoms with Gasteiger partial charge in [-0.15, -0.1) is 0 Å². The number of hydrogen-bond donors (Lipinski definition) is 0. The second-order valence-corrected chi connectivity index (χ2v) is 3.72. The maximum Gasteiger partial charge on any atom is 0.270 e. The third kappa shape index (κ3) is 1.79. The molecule has 2 rings (SSSR count). The van der Waals surface area contributed by atoms with E-state index in [-0.39, 0.29) is 18.5 Å². The molecule has 1 aliphatic heterocycles. The molecule has 1 unspecified atom stereocenters. The van der Waals surface area contributed by atoms with Gasteiger partial charge in [0.2, 0.25) is 5.91 Å². The molecule has 1 fully saturated rings. The zero-order chi connectivity index (χ0) is 10.8. The van der Waals surface area contributed by atoms with Crippen LogP contribution in [0.3, 0.4) is 0 Å². The normalized spacial score (nSPS) is 25.1. The highest BCUT2D eigenvalue weighted by atomic mass is 16.2. The van der Waals surface area contributed by atoms with E-state index in [1.807, 2.05) is 12.2 Å². The van der Waals surface area contributed by atoms with Gasteiger partial charge in [-0.2, -0.15) is 0 Å². The van der Waals surface area contributed by atoms with Crippen LogP contribution >= 0.6 is 0 Å². The number of carbonyl (C=O) groups excluding carboxylic acids is 2. The molecular formula is C11H13N2O2. The van der Waals surface area contributed by atoms with Crippen molar-refractivity contribution in [3.8, 4) is 0 Å². The monoisotopic (exact) mass is 205 g/mol. The van der Waals surface area contributed by atoms with Gasteiger partial charge in [0.05, 0.1) is 0 Å². The minimum atomic E-state index is -0.438. The van der Waals surface area contributed by atoms with Crippen LogP contribution in [0, 0.1) is 0 Å². The Balaban J connectivity index is 2.21. The van der Waals surface area contributed by atoms with E-state index in [4.69, 9.17) is 0 Å². The lowest BCUT2D eigenvalue weighted by atomic mass is 9.97. The smallest absolute Gasteiger partial charge is 0.270 e. The van der Waals surface area contributed by atoms with Gasteiger partial charge >= 0.3 is 0 Å². The van der Waals surface area contributed by atoms with E-state index >= 15 is 0 Å². The molecule has 1 aliphatic carbocycles. The molecule has 0 N–H and O–H groups in total. The third-order valence-corrected chi connectivity index (χ3v) is 2.72. The first kappa shape index (κ1) is 9.96. The molecule has 15 heavy (non-hydrogen) atoms. The Morgan fingerprint density at radius 3 is 2.93 bits per heavy atom. The van der Waals surface area contributed by atoms with Crippen LogP contribution in [-0.4, -0.2) is 29.4 Å². The van der Waals surface area contributed by atoms with Crippen LogP contribution in [0.5, 0.6) is 0 Å². The second-order valence-electron chi connectivity index (χ2n) is 3.72. The summed E-state index contributed by atoms with van der Waals surface area (Å²) in [5, 5.41) is 3.80. The molecule has 4 nitrogen and oxygen atoms in total. The summed E-state index contributed by atoms with van der Waals surface area (Å²) in [5.74, 6) is -0.281. The lowest BCUT2D eigenvalue weighted by molar-refractivity contribution is -0.132. The predicted octanol–water partition coefficient (Wildman–Crippen LogP) is 0.582. The first-order valence-corrected chi connectivity index (χ1v) is 5.02. The lowest BCUT2D eigenvalue weighted by Crippen LogP contribution is -2.38. The third-order valence-electron chi connectivity index (χ3n) is 2.72. The summed E-state index contributed by atoms with van der Waals surface area (Å²) >= 11 is 0. The van der Waals surface area contributed by atoms with Crippen molar-refractivity contribution in [3.63, 3.8) is 0 Å². The molecule has 0 aromatic heterocycles. The molecular weight excluding hydrogens is 192 g/mol. The van der Waals surface area contributed by atoms with Crippen molar-refractivity contribution in [1.82, 2.24) is 10.2 Å². The highest BCUT2D eigenvalue weighted by Gasteiger charge is 2.37. The Morgan fingerprint density at radius 1 is 1.53 bits per heavy atom. The molecule has 1 heterocycles. The maximum absolute atomic E-state index is 11.6. The predicted molar refractivity (Wildman–Crippen MR) is 54.8 cm³/mol. The van der Waals surface area contributed by atoms with Crippen molar-refractivity contribution in [1.29, 1.82) is 0 Å². The van der Waals surface area contributed by atoms with Gasteiger partial charge in [-0.05, 0) is 18.4 Å². The number of nitrogens with zero attached hydrogens (tertiary/aromatic N) is 2. The molecule has 1 atom stereocenters. The molecule has 0 saturated carbocycles. The van der Waals surface area contributed by atoms with E-state index in [0.717, 1.165) is 18.4 Å². The highest BCUT2D eigenvalue weighted by Crippen LogP contribution is 2.22. The number of allylic oxidation sites excluding steroid dienone is 3. The minimum absolute atomic E-state index is 0.0925. The van der Waals surface area contributed by atoms with Gasteiger partial charge in [0.15, 0.2) is 0 Å². The summed E-state index contributed by atoms with van der Waals surface area (Å²) in [6.45, 7) is 1.68. The van der Waals surface area contributed by atoms with E-state index in [9.17, 15) is 9.59 Å². The number of rotatable bonds is 1. The van der Waals surface area contributed by atoms with Crippen molar-refractivity contribution in [2.45, 2.75) is 25.8 Å². The molecule has 1 radical (unpaired) electrons. The molecule has 0 bridgehead atoms. The van der Waals surface area contributed by atoms with Crippen LogP contribution in [0.1, 0.15) is 19.8 Å². The lowest BCUT2D eigenvalue weighted by Gasteiger charge is -2.22. The van der Waals surface area contributed by atoms with Gasteiger partial charge in [0.1, 0.15) is 12.7 Å². The Hall–Kier alpha value is -1.58. The van der Waals surface area contributed by atoms with Crippen LogP contribution in [0.15, 0.2) is 23.8 Å². The van der Waals surface area contributed by atoms with Gasteiger partial charge < -0.3 is 4.90 Å². The fourth-order valence-corrected chi connectivity index (χ4v) is 1.93. The Kier molecular flexibility index (Phi) is 2.58. The largest absolute Gasteiger partial charge is 0.307 e. The van der Waals surface area contributed by atoms with Crippen LogP contribution < -0.4 is 5.32 Å². The van der Waals surface area contributed by atoms with E-state index in [2.05, 4.69) is 11.4 Å². The average molecular weight is 205 g/mol. The standard InChI is InChI=1S/C11H13N2O2/c1-8(14)13-7-12-11(15)10(13)9-5-3-2-4-6-9/h2-3,6,10H,4-5,7H2,1H3. The van der Waals surface area contributed by atoms with Gasteiger partial charge in [0.25, 0.3) is 5.91 Å². The SMILES string of the molecule is CC(=O)N1C[N]C(=O)C1C1=CCC=CC1. The molecule has 0 spiro atoms. The summed E-state index contributed by atoms with van der Waals surface area (Å²) in [6, 6.07) is -0.438. The molecule has 0 aromatic carbocycles. The minimum Gasteiger partial charge on any atom is -0.307 e. The van der Waals surface area contributed by atoms with Crippen LogP contribution in [0.2, 0.25) is 0 Å². The zero-order valence-corrected chi connectivity index (χ0v) is 8.64. The van der Waals surface area contributed by atoms with Gasteiger partial charge in [-0.25, -0.2) is 5.32 Å². The van der Waals surface area contributed by atoms with Crippen molar-refractivity contribution < 1.29 is 9.59 Å². The van der Waals surface area contributed by atoms with Gasteiger partial charge in [0, 0.05) is 6.92 Å². The van der Waals surface area contributed by atoms with E-state index in [0.29, 0.717) is 0 Å². The van der Waals surface area contributed by atoms with E-state index in [1.54, 1.807) is 0 Å². The Labute approximate surface area is 88.6 Å². The van der Waals surface area contributed by atoms with Crippen LogP contribution in [0.4, 0.5) is 0 Å². The Bertz CT molecular complexity index is 358. The highest BCUT2D eigenvalue weighted by molar-refractivity contribution is 5.92. The fourth-order valence-electron chi connectivity index (χ4n) is 1.93. The summed E-state index contributed by atoms with van der Waals surface area (Å²) in [4.78, 5) is 24.4. The topological polar surface area (TPSA) is 51.5 Å². The van der Waals surface area contributed by atoms with E-state index in [1.165, 1.54) is 11.8 Å². The summed E-state index contributed by atoms with van der Waals surface area (Å²) in [6.07, 6.45) is 7.68. The zero-order valence-electron chi connectivity index (χ0n) is 8.64. The van der Waals surface area contributed by atoms with Crippen molar-refractivity contribution in [3.05, 3.63) is 23.8 Å². The van der Waals surface area contributed by atoms with E-state index < -0.39 is 6.04 Å². The van der Waals surface area contributed by atoms with Crippen LogP contribution in [0.25, 0.3) is 0 Å². The van der Waals surface area contributed by atoms with Gasteiger partial charge in [-0.1, -0.05) is 18.2 Å². The van der Waals surface area contributed by atoms with Crippen molar-refractivity contribution in [2.24, 2.45) is 0 Å². The maximum atomic E-state index is 11.6. The quantitative estimate of drug-likeness (QED) is 0.588. The molecule has 2 aliphatic rings. The fraction of sp³-hybridized carbons (Fsp3) is 0.455. The molecule has 4 heteroatoms. The molecule has 79 valence electrons. The molecule has 0 aromatic rings. The van der Waals surface area contributed by atoms with Crippen LogP contribution in [-0.2, 0) is 9.59 Å². The van der Waals surface area contributed by atoms with Gasteiger partial charge in [-0.3, -0.25) is 9.59 Å². The first-order valence-electron chi connectivity index (χ1n) is 5.02. The molecule has 1 saturated heterocycles. The number of amides is 2. The molecule has 2 amide bonds. The second kappa shape index (κ2) is 3.88. The Morgan fingerprint density at radius 2 is 2.33 bits per heavy atom. The number of hydrogen-bond acceptors (Lipinski definition) is 2. The van der Waals surface area contributed by atoms with Crippen molar-refractivity contribution >= 4 is 11.8 Å². The van der Waals surface area contributed by atoms with Crippen molar-refractivity contribution in [2.75, 3.05) is 6.67 Å². The summed E-state index contributed by atoms with van der Waals surface area (Å²) < 4.78 is 0. The number of carbonyl (C=O) groups is 2. The summed E-state index contributed by atoms with van der Waals surface area (Å²) in [7, 11) is 0. The first-order chi connectivity index (χ1) is 7.20.